The topological polar surface area (TPSA) is 88.2 Å². The smallest absolute Gasteiger partial charge is 0.416 e. The van der Waals surface area contributed by atoms with Crippen LogP contribution in [0.25, 0.3) is 0 Å². The third-order valence-electron chi connectivity index (χ3n) is 3.42. The van der Waals surface area contributed by atoms with Crippen molar-refractivity contribution in [1.82, 2.24) is 0 Å². The third-order valence-corrected chi connectivity index (χ3v) is 3.42. The minimum absolute atomic E-state index is 0.0212. The number of anilines is 1. The second kappa shape index (κ2) is 7.09. The van der Waals surface area contributed by atoms with Gasteiger partial charge in [0.1, 0.15) is 11.4 Å². The molecule has 0 radical (unpaired) electrons. The minimum Gasteiger partial charge on any atom is -0.497 e. The van der Waals surface area contributed by atoms with E-state index in [0.717, 1.165) is 12.1 Å². The summed E-state index contributed by atoms with van der Waals surface area (Å²) in [6, 6.07) is 8.93. The van der Waals surface area contributed by atoms with E-state index in [9.17, 15) is 23.3 Å². The fourth-order valence-electron chi connectivity index (χ4n) is 2.19. The van der Waals surface area contributed by atoms with Gasteiger partial charge in [0.05, 0.1) is 29.2 Å². The number of nitrogens with one attached hydrogen (secondary N) is 1. The molecule has 25 heavy (non-hydrogen) atoms. The Hall–Kier alpha value is -3.28. The fourth-order valence-corrected chi connectivity index (χ4v) is 2.19. The molecule has 0 amide bonds. The van der Waals surface area contributed by atoms with E-state index in [0.29, 0.717) is 0 Å². The maximum atomic E-state index is 13.2. The zero-order valence-electron chi connectivity index (χ0n) is 12.9. The molecule has 0 aliphatic carbocycles. The Kier molecular flexibility index (Phi) is 5.12. The molecule has 0 fully saturated rings. The van der Waals surface area contributed by atoms with Crippen molar-refractivity contribution >= 4 is 11.4 Å². The number of nitro benzene ring substituents is 1. The minimum atomic E-state index is -4.60. The molecule has 0 bridgehead atoms. The molecular weight excluding hydrogens is 339 g/mol. The Morgan fingerprint density at radius 1 is 1.28 bits per heavy atom. The Labute approximate surface area is 140 Å². The molecule has 1 N–H and O–H groups in total. The number of methoxy groups -OCH3 is 1. The number of nitrogens with zero attached hydrogens (tertiary/aromatic N) is 2. The molecule has 2 rings (SSSR count). The highest BCUT2D eigenvalue weighted by Crippen LogP contribution is 2.35. The van der Waals surface area contributed by atoms with Crippen LogP contribution < -0.4 is 10.1 Å². The van der Waals surface area contributed by atoms with Gasteiger partial charge >= 0.3 is 6.18 Å². The van der Waals surface area contributed by atoms with Crippen molar-refractivity contribution < 1.29 is 22.8 Å². The highest BCUT2D eigenvalue weighted by atomic mass is 19.4. The number of hydrogen-bond donors (Lipinski definition) is 1. The average Bonchev–Trinajstić information content (AvgIpc) is 2.58. The van der Waals surface area contributed by atoms with E-state index in [1.807, 2.05) is 0 Å². The zero-order chi connectivity index (χ0) is 18.6. The van der Waals surface area contributed by atoms with Crippen LogP contribution in [0.3, 0.4) is 0 Å². The summed E-state index contributed by atoms with van der Waals surface area (Å²) in [5.74, 6) is 0.0560. The maximum Gasteiger partial charge on any atom is 0.416 e. The molecule has 0 aliphatic heterocycles. The first-order chi connectivity index (χ1) is 11.8. The van der Waals surface area contributed by atoms with E-state index < -0.39 is 16.7 Å². The number of halogens is 3. The first kappa shape index (κ1) is 18.1. The number of nitro groups is 1. The number of hydrogen-bond acceptors (Lipinski definition) is 5. The zero-order valence-corrected chi connectivity index (χ0v) is 12.9. The summed E-state index contributed by atoms with van der Waals surface area (Å²) in [6.45, 7) is -0.286. The lowest BCUT2D eigenvalue weighted by Crippen LogP contribution is -2.12. The summed E-state index contributed by atoms with van der Waals surface area (Å²) in [4.78, 5) is 10.4. The van der Waals surface area contributed by atoms with Crippen LogP contribution in [0, 0.1) is 21.4 Å². The van der Waals surface area contributed by atoms with Crippen LogP contribution in [0.5, 0.6) is 5.75 Å². The van der Waals surface area contributed by atoms with Gasteiger partial charge < -0.3 is 10.1 Å². The number of nitriles is 1. The average molecular weight is 351 g/mol. The van der Waals surface area contributed by atoms with Gasteiger partial charge in [-0.1, -0.05) is 6.07 Å². The lowest BCUT2D eigenvalue weighted by molar-refractivity contribution is -0.384. The normalized spacial score (nSPS) is 10.8. The van der Waals surface area contributed by atoms with E-state index in [1.54, 1.807) is 6.07 Å². The number of ether oxygens (including phenoxy) is 1. The molecule has 0 heterocycles. The van der Waals surface area contributed by atoms with Crippen molar-refractivity contribution in [2.45, 2.75) is 12.7 Å². The van der Waals surface area contributed by atoms with Crippen LogP contribution in [-0.4, -0.2) is 12.0 Å². The van der Waals surface area contributed by atoms with Crippen molar-refractivity contribution in [2.75, 3.05) is 12.4 Å². The van der Waals surface area contributed by atoms with Gasteiger partial charge in [0.25, 0.3) is 5.69 Å². The van der Waals surface area contributed by atoms with Crippen LogP contribution in [0.1, 0.15) is 16.7 Å². The van der Waals surface area contributed by atoms with Gasteiger partial charge in [0, 0.05) is 12.6 Å². The Morgan fingerprint density at radius 2 is 2.00 bits per heavy atom. The van der Waals surface area contributed by atoms with Gasteiger partial charge in [-0.3, -0.25) is 10.1 Å². The van der Waals surface area contributed by atoms with Crippen LogP contribution in [-0.2, 0) is 12.7 Å². The monoisotopic (exact) mass is 351 g/mol. The highest BCUT2D eigenvalue weighted by molar-refractivity contribution is 5.64. The summed E-state index contributed by atoms with van der Waals surface area (Å²) >= 11 is 0. The van der Waals surface area contributed by atoms with E-state index in [-0.39, 0.29) is 34.8 Å². The van der Waals surface area contributed by atoms with E-state index in [4.69, 9.17) is 10.00 Å². The highest BCUT2D eigenvalue weighted by Gasteiger charge is 2.33. The fraction of sp³-hybridized carbons (Fsp3) is 0.188. The molecule has 0 saturated heterocycles. The summed E-state index contributed by atoms with van der Waals surface area (Å²) in [5, 5.41) is 22.5. The molecular formula is C16H12F3N3O3. The van der Waals surface area contributed by atoms with E-state index in [1.165, 1.54) is 31.4 Å². The molecule has 6 nitrogen and oxygen atoms in total. The first-order valence-corrected chi connectivity index (χ1v) is 6.92. The van der Waals surface area contributed by atoms with Crippen molar-refractivity contribution in [2.24, 2.45) is 0 Å². The van der Waals surface area contributed by atoms with Crippen molar-refractivity contribution in [3.63, 3.8) is 0 Å². The van der Waals surface area contributed by atoms with Gasteiger partial charge in [-0.15, -0.1) is 0 Å². The third kappa shape index (κ3) is 4.17. The maximum absolute atomic E-state index is 13.2. The number of rotatable bonds is 5. The molecule has 0 saturated carbocycles. The van der Waals surface area contributed by atoms with Crippen LogP contribution >= 0.6 is 0 Å². The van der Waals surface area contributed by atoms with Gasteiger partial charge in [-0.25, -0.2) is 0 Å². The van der Waals surface area contributed by atoms with Gasteiger partial charge in [0.15, 0.2) is 0 Å². The first-order valence-electron chi connectivity index (χ1n) is 6.92. The standard InChI is InChI=1S/C16H12F3N3O3/c1-25-12-4-3-11(13(7-12)16(17,18)19)9-21-14-5-2-10(8-20)6-15(14)22(23)24/h2-7,21H,9H2,1H3. The Bertz CT molecular complexity index is 845. The molecule has 0 aliphatic rings. The van der Waals surface area contributed by atoms with E-state index >= 15 is 0 Å². The van der Waals surface area contributed by atoms with Crippen molar-refractivity contribution in [1.29, 1.82) is 5.26 Å². The molecule has 0 aromatic heterocycles. The van der Waals surface area contributed by atoms with E-state index in [2.05, 4.69) is 5.32 Å². The molecule has 0 unspecified atom stereocenters. The molecule has 0 atom stereocenters. The largest absolute Gasteiger partial charge is 0.497 e. The molecule has 130 valence electrons. The summed E-state index contributed by atoms with van der Waals surface area (Å²) < 4.78 is 44.3. The van der Waals surface area contributed by atoms with Crippen molar-refractivity contribution in [3.8, 4) is 11.8 Å². The van der Waals surface area contributed by atoms with Gasteiger partial charge in [-0.2, -0.15) is 18.4 Å². The SMILES string of the molecule is COc1ccc(CNc2ccc(C#N)cc2[N+](=O)[O-])c(C(F)(F)F)c1. The Morgan fingerprint density at radius 3 is 2.56 bits per heavy atom. The van der Waals surface area contributed by atoms with Crippen LogP contribution in [0.4, 0.5) is 24.5 Å². The molecule has 0 spiro atoms. The van der Waals surface area contributed by atoms with Gasteiger partial charge in [0.2, 0.25) is 0 Å². The molecule has 9 heteroatoms. The summed E-state index contributed by atoms with van der Waals surface area (Å²) in [7, 11) is 1.26. The lowest BCUT2D eigenvalue weighted by atomic mass is 10.1. The molecule has 2 aromatic carbocycles. The summed E-state index contributed by atoms with van der Waals surface area (Å²) in [6.07, 6.45) is -4.60. The van der Waals surface area contributed by atoms with Crippen molar-refractivity contribution in [3.05, 3.63) is 63.2 Å². The predicted octanol–water partition coefficient (Wildman–Crippen LogP) is 4.11. The number of benzene rings is 2. The van der Waals surface area contributed by atoms with Crippen LogP contribution in [0.2, 0.25) is 0 Å². The molecule has 2 aromatic rings. The van der Waals surface area contributed by atoms with Gasteiger partial charge in [-0.05, 0) is 29.8 Å². The lowest BCUT2D eigenvalue weighted by Gasteiger charge is -2.15. The Balaban J connectivity index is 2.34. The second-order valence-electron chi connectivity index (χ2n) is 4.98. The quantitative estimate of drug-likeness (QED) is 0.647. The van der Waals surface area contributed by atoms with Crippen LogP contribution in [0.15, 0.2) is 36.4 Å². The predicted molar refractivity (Wildman–Crippen MR) is 83.1 cm³/mol. The number of alkyl halides is 3. The second-order valence-corrected chi connectivity index (χ2v) is 4.98. The summed E-state index contributed by atoms with van der Waals surface area (Å²) in [5.41, 5.74) is -1.27.